The molecule has 0 atom stereocenters. The lowest BCUT2D eigenvalue weighted by Gasteiger charge is -2.45. The maximum Gasteiger partial charge on any atom is 0.431 e. The molecule has 0 bridgehead atoms. The minimum absolute atomic E-state index is 0. The highest BCUT2D eigenvalue weighted by molar-refractivity contribution is 5.92. The Morgan fingerprint density at radius 3 is 2.53 bits per heavy atom. The summed E-state index contributed by atoms with van der Waals surface area (Å²) < 4.78 is 48.8. The van der Waals surface area contributed by atoms with Crippen LogP contribution >= 0.6 is 0 Å². The van der Waals surface area contributed by atoms with Gasteiger partial charge in [-0.3, -0.25) is 4.79 Å². The van der Waals surface area contributed by atoms with E-state index in [4.69, 9.17) is 4.74 Å². The van der Waals surface area contributed by atoms with Crippen molar-refractivity contribution >= 4 is 5.91 Å². The first-order valence-corrected chi connectivity index (χ1v) is 10.2. The number of likely N-dealkylation sites (tertiary alicyclic amines) is 1. The molecule has 6 nitrogen and oxygen atoms in total. The second kappa shape index (κ2) is 7.01. The number of pyridine rings is 1. The SMILES string of the molecule is Cc1nc(C(=O)N2CCC3(CC2)Oc2ccccc2-n2c(C(F)(F)F)ccc23)ccc1O.[HH]. The van der Waals surface area contributed by atoms with Gasteiger partial charge < -0.3 is 19.3 Å². The van der Waals surface area contributed by atoms with Gasteiger partial charge in [0.25, 0.3) is 5.91 Å². The van der Waals surface area contributed by atoms with E-state index in [-0.39, 0.29) is 18.8 Å². The molecule has 1 spiro atoms. The molecule has 3 aromatic rings. The number of aromatic hydroxyl groups is 1. The van der Waals surface area contributed by atoms with Crippen molar-refractivity contribution in [1.82, 2.24) is 14.5 Å². The van der Waals surface area contributed by atoms with Gasteiger partial charge in [0, 0.05) is 27.4 Å². The van der Waals surface area contributed by atoms with E-state index in [0.29, 0.717) is 48.8 Å². The summed E-state index contributed by atoms with van der Waals surface area (Å²) in [7, 11) is 0. The average Bonchev–Trinajstić information content (AvgIpc) is 3.23. The maximum atomic E-state index is 13.7. The van der Waals surface area contributed by atoms with Crippen LogP contribution in [0.2, 0.25) is 0 Å². The normalized spacial score (nSPS) is 16.9. The highest BCUT2D eigenvalue weighted by Crippen LogP contribution is 2.48. The van der Waals surface area contributed by atoms with Crippen LogP contribution in [0.15, 0.2) is 48.5 Å². The number of para-hydroxylation sites is 2. The van der Waals surface area contributed by atoms with Gasteiger partial charge in [-0.15, -0.1) is 0 Å². The molecule has 0 saturated carbocycles. The average molecular weight is 445 g/mol. The molecule has 1 saturated heterocycles. The summed E-state index contributed by atoms with van der Waals surface area (Å²) in [6, 6.07) is 12.1. The number of rotatable bonds is 1. The minimum Gasteiger partial charge on any atom is -0.506 e. The predicted octanol–water partition coefficient (Wildman–Crippen LogP) is 4.68. The Morgan fingerprint density at radius 1 is 1.12 bits per heavy atom. The number of aryl methyl sites for hydroxylation is 1. The van der Waals surface area contributed by atoms with Gasteiger partial charge >= 0.3 is 6.18 Å². The minimum atomic E-state index is -4.51. The molecule has 1 aromatic carbocycles. The van der Waals surface area contributed by atoms with Crippen molar-refractivity contribution in [2.45, 2.75) is 31.5 Å². The van der Waals surface area contributed by atoms with Crippen molar-refractivity contribution in [3.05, 3.63) is 71.3 Å². The van der Waals surface area contributed by atoms with Gasteiger partial charge in [0.2, 0.25) is 0 Å². The fourth-order valence-electron chi connectivity index (χ4n) is 4.53. The summed E-state index contributed by atoms with van der Waals surface area (Å²) in [4.78, 5) is 18.7. The van der Waals surface area contributed by atoms with Crippen molar-refractivity contribution in [2.75, 3.05) is 13.1 Å². The quantitative estimate of drug-likeness (QED) is 0.591. The van der Waals surface area contributed by atoms with Gasteiger partial charge in [0.15, 0.2) is 5.60 Å². The second-order valence-corrected chi connectivity index (χ2v) is 8.09. The number of hydrogen-bond donors (Lipinski definition) is 1. The Bertz CT molecular complexity index is 1220. The third-order valence-electron chi connectivity index (χ3n) is 6.18. The highest BCUT2D eigenvalue weighted by Gasteiger charge is 2.48. The monoisotopic (exact) mass is 445 g/mol. The fourth-order valence-corrected chi connectivity index (χ4v) is 4.53. The first-order valence-electron chi connectivity index (χ1n) is 10.2. The number of aromatic nitrogens is 2. The predicted molar refractivity (Wildman–Crippen MR) is 111 cm³/mol. The largest absolute Gasteiger partial charge is 0.506 e. The zero-order chi connectivity index (χ0) is 22.7. The molecule has 1 N–H and O–H groups in total. The van der Waals surface area contributed by atoms with Crippen molar-refractivity contribution in [3.8, 4) is 17.2 Å². The van der Waals surface area contributed by atoms with E-state index in [2.05, 4.69) is 4.98 Å². The van der Waals surface area contributed by atoms with Crippen LogP contribution in [0.4, 0.5) is 13.2 Å². The van der Waals surface area contributed by atoms with Crippen LogP contribution < -0.4 is 4.74 Å². The molecule has 0 radical (unpaired) electrons. The molecule has 32 heavy (non-hydrogen) atoms. The van der Waals surface area contributed by atoms with Gasteiger partial charge in [-0.05, 0) is 43.3 Å². The number of ether oxygens (including phenoxy) is 1. The van der Waals surface area contributed by atoms with E-state index in [1.807, 2.05) is 0 Å². The third kappa shape index (κ3) is 3.11. The molecular weight excluding hydrogens is 423 g/mol. The number of nitrogens with zero attached hydrogens (tertiary/aromatic N) is 3. The van der Waals surface area contributed by atoms with E-state index in [9.17, 15) is 23.1 Å². The van der Waals surface area contributed by atoms with Crippen molar-refractivity contribution in [1.29, 1.82) is 0 Å². The van der Waals surface area contributed by atoms with Crippen molar-refractivity contribution in [3.63, 3.8) is 0 Å². The van der Waals surface area contributed by atoms with E-state index >= 15 is 0 Å². The molecular formula is C23H22F3N3O3. The number of amides is 1. The van der Waals surface area contributed by atoms with Crippen molar-refractivity contribution < 1.29 is 29.2 Å². The van der Waals surface area contributed by atoms with Gasteiger partial charge in [0.1, 0.15) is 22.9 Å². The Labute approximate surface area is 183 Å². The second-order valence-electron chi connectivity index (χ2n) is 8.09. The van der Waals surface area contributed by atoms with Crippen LogP contribution in [0.1, 0.15) is 41.8 Å². The zero-order valence-corrected chi connectivity index (χ0v) is 17.2. The molecule has 0 unspecified atom stereocenters. The molecule has 1 amide bonds. The topological polar surface area (TPSA) is 67.6 Å². The number of carbonyl (C=O) groups excluding carboxylic acids is 1. The lowest BCUT2D eigenvalue weighted by Crippen LogP contribution is -2.50. The lowest BCUT2D eigenvalue weighted by molar-refractivity contribution is -0.143. The number of hydrogen-bond acceptors (Lipinski definition) is 4. The Kier molecular flexibility index (Phi) is 4.47. The van der Waals surface area contributed by atoms with Crippen LogP contribution in [0.3, 0.4) is 0 Å². The molecule has 0 aliphatic carbocycles. The smallest absolute Gasteiger partial charge is 0.431 e. The first-order chi connectivity index (χ1) is 15.2. The zero-order valence-electron chi connectivity index (χ0n) is 17.2. The van der Waals surface area contributed by atoms with Gasteiger partial charge in [-0.2, -0.15) is 13.2 Å². The van der Waals surface area contributed by atoms with Gasteiger partial charge in [-0.1, -0.05) is 12.1 Å². The summed E-state index contributed by atoms with van der Waals surface area (Å²) in [5.74, 6) is 0.109. The van der Waals surface area contributed by atoms with E-state index < -0.39 is 17.5 Å². The number of carbonyl (C=O) groups is 1. The Balaban J connectivity index is 0.00000259. The third-order valence-corrected chi connectivity index (χ3v) is 6.18. The van der Waals surface area contributed by atoms with E-state index in [0.717, 1.165) is 6.07 Å². The standard InChI is InChI=1S/C23H20F3N3O3.H2/c1-14-17(30)7-6-15(27-14)21(31)28-12-10-22(11-13-28)19-8-9-20(23(24,25)26)29(19)16-4-2-3-5-18(16)32-22;/h2-9,30H,10-13H2,1H3;1H. The first kappa shape index (κ1) is 20.4. The van der Waals surface area contributed by atoms with Crippen LogP contribution in [0, 0.1) is 6.92 Å². The number of piperidine rings is 1. The molecule has 5 rings (SSSR count). The Morgan fingerprint density at radius 2 is 1.84 bits per heavy atom. The van der Waals surface area contributed by atoms with Gasteiger partial charge in [-0.25, -0.2) is 4.98 Å². The fraction of sp³-hybridized carbons (Fsp3) is 0.304. The summed E-state index contributed by atoms with van der Waals surface area (Å²) in [6.45, 7) is 2.21. The maximum absolute atomic E-state index is 13.7. The number of fused-ring (bicyclic) bond motifs is 4. The Hall–Kier alpha value is -3.49. The van der Waals surface area contributed by atoms with E-state index in [1.165, 1.54) is 22.8 Å². The molecule has 2 aromatic heterocycles. The van der Waals surface area contributed by atoms with E-state index in [1.54, 1.807) is 36.1 Å². The summed E-state index contributed by atoms with van der Waals surface area (Å²) in [6.07, 6.45) is -3.83. The lowest BCUT2D eigenvalue weighted by atomic mass is 9.86. The molecule has 4 heterocycles. The molecule has 168 valence electrons. The summed E-state index contributed by atoms with van der Waals surface area (Å²) >= 11 is 0. The van der Waals surface area contributed by atoms with Crippen LogP contribution in [-0.2, 0) is 11.8 Å². The molecule has 2 aliphatic heterocycles. The van der Waals surface area contributed by atoms with Crippen LogP contribution in [0.25, 0.3) is 5.69 Å². The van der Waals surface area contributed by atoms with Crippen LogP contribution in [0.5, 0.6) is 11.5 Å². The van der Waals surface area contributed by atoms with Crippen LogP contribution in [-0.4, -0.2) is 38.6 Å². The molecule has 1 fully saturated rings. The van der Waals surface area contributed by atoms with Crippen molar-refractivity contribution in [2.24, 2.45) is 0 Å². The van der Waals surface area contributed by atoms with Gasteiger partial charge in [0.05, 0.1) is 17.1 Å². The molecule has 2 aliphatic rings. The molecule has 9 heteroatoms. The number of halogens is 3. The summed E-state index contributed by atoms with van der Waals surface area (Å²) in [5.41, 5.74) is -0.345. The summed E-state index contributed by atoms with van der Waals surface area (Å²) in [5, 5.41) is 9.65. The number of benzene rings is 1. The highest BCUT2D eigenvalue weighted by atomic mass is 19.4. The number of alkyl halides is 3.